The van der Waals surface area contributed by atoms with E-state index in [1.165, 1.54) is 44.9 Å². The van der Waals surface area contributed by atoms with Gasteiger partial charge in [0.2, 0.25) is 0 Å². The van der Waals surface area contributed by atoms with Gasteiger partial charge in [-0.25, -0.2) is 0 Å². The molecule has 3 nitrogen and oxygen atoms in total. The summed E-state index contributed by atoms with van der Waals surface area (Å²) in [7, 11) is -4.24. The summed E-state index contributed by atoms with van der Waals surface area (Å²) in [5.41, 5.74) is 0. The van der Waals surface area contributed by atoms with Crippen LogP contribution in [0.3, 0.4) is 0 Å². The Labute approximate surface area is 119 Å². The molecular weight excluding hydrogens is 288 g/mol. The average molecular weight is 314 g/mol. The smallest absolute Gasteiger partial charge is 0.811 e. The fourth-order valence-corrected chi connectivity index (χ4v) is 2.40. The fourth-order valence-electron chi connectivity index (χ4n) is 1.79. The predicted octanol–water partition coefficient (Wildman–Crippen LogP) is 2.82. The molecule has 0 rings (SSSR count). The van der Waals surface area contributed by atoms with Crippen molar-refractivity contribution in [3.63, 3.8) is 0 Å². The fraction of sp³-hybridized carbons (Fsp3) is 1.00. The SMILES string of the molecule is CCCCCCCCCCCCP(=O)([O-])[O-].[Zn+2]. The Morgan fingerprint density at radius 1 is 0.765 bits per heavy atom. The number of hydrogen-bond acceptors (Lipinski definition) is 3. The molecule has 0 aliphatic carbocycles. The maximum absolute atomic E-state index is 10.3. The van der Waals surface area contributed by atoms with Crippen molar-refractivity contribution in [1.82, 2.24) is 0 Å². The van der Waals surface area contributed by atoms with Crippen LogP contribution in [0.25, 0.3) is 0 Å². The first-order valence-corrected chi connectivity index (χ1v) is 8.30. The summed E-state index contributed by atoms with van der Waals surface area (Å²) in [5, 5.41) is 0. The van der Waals surface area contributed by atoms with E-state index >= 15 is 0 Å². The van der Waals surface area contributed by atoms with Crippen molar-refractivity contribution in [2.75, 3.05) is 6.16 Å². The molecule has 0 radical (unpaired) electrons. The van der Waals surface area contributed by atoms with E-state index in [4.69, 9.17) is 0 Å². The zero-order valence-corrected chi connectivity index (χ0v) is 15.0. The van der Waals surface area contributed by atoms with Crippen molar-refractivity contribution >= 4 is 7.60 Å². The summed E-state index contributed by atoms with van der Waals surface area (Å²) in [6.45, 7) is 2.21. The Balaban J connectivity index is 0. The first kappa shape index (κ1) is 20.1. The molecule has 0 bridgehead atoms. The van der Waals surface area contributed by atoms with Crippen LogP contribution in [0, 0.1) is 0 Å². The van der Waals surface area contributed by atoms with E-state index < -0.39 is 7.60 Å². The van der Waals surface area contributed by atoms with Gasteiger partial charge in [-0.05, 0) is 12.6 Å². The molecule has 0 atom stereocenters. The van der Waals surface area contributed by atoms with Crippen LogP contribution in [0.15, 0.2) is 0 Å². The topological polar surface area (TPSA) is 63.2 Å². The Hall–Kier alpha value is 0.773. The van der Waals surface area contributed by atoms with Crippen molar-refractivity contribution in [3.05, 3.63) is 0 Å². The van der Waals surface area contributed by atoms with Crippen LogP contribution >= 0.6 is 7.60 Å². The number of unbranched alkanes of at least 4 members (excludes halogenated alkanes) is 9. The molecule has 0 aromatic heterocycles. The third-order valence-corrected chi connectivity index (χ3v) is 3.65. The maximum Gasteiger partial charge on any atom is 2.00 e. The number of hydrogen-bond donors (Lipinski definition) is 0. The molecule has 0 heterocycles. The molecule has 0 fully saturated rings. The molecule has 0 spiro atoms. The zero-order valence-electron chi connectivity index (χ0n) is 11.2. The van der Waals surface area contributed by atoms with Gasteiger partial charge in [0.15, 0.2) is 0 Å². The van der Waals surface area contributed by atoms with E-state index in [-0.39, 0.29) is 25.6 Å². The molecule has 5 heteroatoms. The molecule has 0 amide bonds. The van der Waals surface area contributed by atoms with Crippen molar-refractivity contribution < 1.29 is 33.8 Å². The summed E-state index contributed by atoms with van der Waals surface area (Å²) in [6.07, 6.45) is 11.3. The van der Waals surface area contributed by atoms with Gasteiger partial charge >= 0.3 is 19.5 Å². The summed E-state index contributed by atoms with van der Waals surface area (Å²) in [4.78, 5) is 20.7. The molecule has 0 N–H and O–H groups in total. The molecule has 0 unspecified atom stereocenters. The van der Waals surface area contributed by atoms with Gasteiger partial charge in [0, 0.05) is 0 Å². The van der Waals surface area contributed by atoms with Crippen molar-refractivity contribution in [1.29, 1.82) is 0 Å². The second-order valence-electron chi connectivity index (χ2n) is 4.52. The minimum absolute atomic E-state index is 0. The molecule has 17 heavy (non-hydrogen) atoms. The quantitative estimate of drug-likeness (QED) is 0.335. The standard InChI is InChI=1S/C12H27O3P.Zn/c1-2-3-4-5-6-7-8-9-10-11-12-16(13,14)15;/h2-12H2,1H3,(H2,13,14,15);/q;+2/p-2. The Morgan fingerprint density at radius 3 is 1.47 bits per heavy atom. The Kier molecular flexibility index (Phi) is 15.6. The van der Waals surface area contributed by atoms with Crippen LogP contribution in [0.4, 0.5) is 0 Å². The van der Waals surface area contributed by atoms with Gasteiger partial charge in [0.25, 0.3) is 0 Å². The molecule has 0 aromatic carbocycles. The normalized spacial score (nSPS) is 11.2. The molecular formula is C12H25O3PZn. The Bertz CT molecular complexity index is 194. The first-order valence-electron chi connectivity index (χ1n) is 6.57. The van der Waals surface area contributed by atoms with Crippen molar-refractivity contribution in [2.45, 2.75) is 71.1 Å². The van der Waals surface area contributed by atoms with Crippen LogP contribution in [-0.2, 0) is 24.0 Å². The second-order valence-corrected chi connectivity index (χ2v) is 6.19. The first-order chi connectivity index (χ1) is 7.56. The van der Waals surface area contributed by atoms with E-state index in [0.717, 1.165) is 12.8 Å². The third-order valence-electron chi connectivity index (χ3n) is 2.79. The molecule has 98 valence electrons. The molecule has 0 aliphatic heterocycles. The van der Waals surface area contributed by atoms with E-state index in [1.54, 1.807) is 0 Å². The van der Waals surface area contributed by atoms with E-state index in [9.17, 15) is 14.4 Å². The summed E-state index contributed by atoms with van der Waals surface area (Å²) >= 11 is 0. The van der Waals surface area contributed by atoms with Crippen LogP contribution in [0.2, 0.25) is 0 Å². The van der Waals surface area contributed by atoms with Crippen molar-refractivity contribution in [2.24, 2.45) is 0 Å². The zero-order chi connectivity index (χ0) is 12.3. The Morgan fingerprint density at radius 2 is 1.12 bits per heavy atom. The van der Waals surface area contributed by atoms with Crippen LogP contribution < -0.4 is 9.79 Å². The maximum atomic E-state index is 10.3. The van der Waals surface area contributed by atoms with Gasteiger partial charge in [-0.15, -0.1) is 0 Å². The summed E-state index contributed by atoms with van der Waals surface area (Å²) in [5.74, 6) is 0. The summed E-state index contributed by atoms with van der Waals surface area (Å²) in [6, 6.07) is 0. The van der Waals surface area contributed by atoms with Gasteiger partial charge in [-0.2, -0.15) is 0 Å². The molecule has 0 aliphatic rings. The monoisotopic (exact) mass is 312 g/mol. The molecule has 0 aromatic rings. The van der Waals surface area contributed by atoms with Gasteiger partial charge in [0.1, 0.15) is 0 Å². The second kappa shape index (κ2) is 13.2. The van der Waals surface area contributed by atoms with Crippen molar-refractivity contribution in [3.8, 4) is 0 Å². The van der Waals surface area contributed by atoms with E-state index in [1.807, 2.05) is 0 Å². The molecule has 0 saturated carbocycles. The minimum atomic E-state index is -4.24. The van der Waals surface area contributed by atoms with Gasteiger partial charge < -0.3 is 14.4 Å². The largest absolute Gasteiger partial charge is 2.00 e. The summed E-state index contributed by atoms with van der Waals surface area (Å²) < 4.78 is 10.3. The van der Waals surface area contributed by atoms with Crippen LogP contribution in [0.1, 0.15) is 71.1 Å². The third kappa shape index (κ3) is 19.3. The van der Waals surface area contributed by atoms with Gasteiger partial charge in [-0.1, -0.05) is 72.3 Å². The van der Waals surface area contributed by atoms with E-state index in [2.05, 4.69) is 6.92 Å². The van der Waals surface area contributed by atoms with Gasteiger partial charge in [0.05, 0.1) is 0 Å². The predicted molar refractivity (Wildman–Crippen MR) is 64.3 cm³/mol. The van der Waals surface area contributed by atoms with Crippen LogP contribution in [-0.4, -0.2) is 6.16 Å². The number of rotatable bonds is 11. The van der Waals surface area contributed by atoms with E-state index in [0.29, 0.717) is 6.42 Å². The van der Waals surface area contributed by atoms with Gasteiger partial charge in [-0.3, -0.25) is 0 Å². The van der Waals surface area contributed by atoms with Crippen LogP contribution in [0.5, 0.6) is 0 Å². The minimum Gasteiger partial charge on any atom is -0.811 e. The molecule has 0 saturated heterocycles. The average Bonchev–Trinajstić information content (AvgIpc) is 2.19.